The van der Waals surface area contributed by atoms with E-state index in [1.165, 1.54) is 0 Å². The second kappa shape index (κ2) is 7.88. The van der Waals surface area contributed by atoms with Gasteiger partial charge in [0.1, 0.15) is 0 Å². The summed E-state index contributed by atoms with van der Waals surface area (Å²) >= 11 is 0. The Morgan fingerprint density at radius 1 is 1.28 bits per heavy atom. The van der Waals surface area contributed by atoms with Crippen molar-refractivity contribution in [2.45, 2.75) is 20.8 Å². The minimum absolute atomic E-state index is 0.349. The summed E-state index contributed by atoms with van der Waals surface area (Å²) in [7, 11) is 1.90. The van der Waals surface area contributed by atoms with Crippen molar-refractivity contribution in [1.82, 2.24) is 15.7 Å². The van der Waals surface area contributed by atoms with Gasteiger partial charge >= 0.3 is 6.09 Å². The van der Waals surface area contributed by atoms with Crippen LogP contribution in [0.2, 0.25) is 0 Å². The first-order valence-corrected chi connectivity index (χ1v) is 5.91. The zero-order valence-electron chi connectivity index (χ0n) is 11.6. The van der Waals surface area contributed by atoms with Crippen molar-refractivity contribution in [1.29, 1.82) is 0 Å². The largest absolute Gasteiger partial charge is 0.431 e. The Labute approximate surface area is 108 Å². The molecule has 0 heterocycles. The third kappa shape index (κ3) is 7.86. The number of nitrogens with zero attached hydrogens (tertiary/aromatic N) is 1. The normalized spacial score (nSPS) is 11.2. The summed E-state index contributed by atoms with van der Waals surface area (Å²) in [4.78, 5) is 29.2. The van der Waals surface area contributed by atoms with E-state index in [1.807, 2.05) is 11.9 Å². The third-order valence-corrected chi connectivity index (χ3v) is 2.19. The summed E-state index contributed by atoms with van der Waals surface area (Å²) in [6, 6.07) is 0. The highest BCUT2D eigenvalue weighted by Crippen LogP contribution is 2.11. The van der Waals surface area contributed by atoms with Gasteiger partial charge in [0.25, 0.3) is 5.91 Å². The topological polar surface area (TPSA) is 96.7 Å². The number of carbonyl (C=O) groups is 2. The van der Waals surface area contributed by atoms with Crippen molar-refractivity contribution in [3.05, 3.63) is 0 Å². The Hall–Kier alpha value is -1.34. The summed E-state index contributed by atoms with van der Waals surface area (Å²) < 4.78 is 0. The number of carbonyl (C=O) groups excluding carboxylic acids is 2. The average Bonchev–Trinajstić information content (AvgIpc) is 2.24. The lowest BCUT2D eigenvalue weighted by atomic mass is 9.96. The predicted octanol–water partition coefficient (Wildman–Crippen LogP) is -0.320. The zero-order chi connectivity index (χ0) is 14.2. The van der Waals surface area contributed by atoms with Gasteiger partial charge in [0.15, 0.2) is 0 Å². The number of nitrogens with two attached hydrogens (primary N) is 1. The van der Waals surface area contributed by atoms with Crippen LogP contribution in [0.15, 0.2) is 0 Å². The molecule has 0 unspecified atom stereocenters. The van der Waals surface area contributed by atoms with Crippen LogP contribution in [0.4, 0.5) is 4.79 Å². The van der Waals surface area contributed by atoms with Crippen molar-refractivity contribution < 1.29 is 14.4 Å². The molecule has 0 atom stereocenters. The van der Waals surface area contributed by atoms with E-state index in [2.05, 4.69) is 15.6 Å². The molecule has 0 aliphatic heterocycles. The van der Waals surface area contributed by atoms with E-state index in [-0.39, 0.29) is 5.91 Å². The maximum absolute atomic E-state index is 11.4. The standard InChI is InChI=1S/C11H24N4O3/c1-11(2,3)9(16)14-18-10(17)13-6-8-15(4)7-5-12/h5-8,12H2,1-4H3,(H,13,17)(H,14,16). The van der Waals surface area contributed by atoms with Crippen LogP contribution in [-0.4, -0.2) is 50.1 Å². The monoisotopic (exact) mass is 260 g/mol. The maximum Gasteiger partial charge on any atom is 0.431 e. The summed E-state index contributed by atoms with van der Waals surface area (Å²) in [5.74, 6) is -0.349. The molecule has 0 spiro atoms. The summed E-state index contributed by atoms with van der Waals surface area (Å²) in [6.07, 6.45) is -0.672. The van der Waals surface area contributed by atoms with E-state index in [9.17, 15) is 9.59 Å². The average molecular weight is 260 g/mol. The van der Waals surface area contributed by atoms with Crippen LogP contribution in [0.1, 0.15) is 20.8 Å². The maximum atomic E-state index is 11.4. The van der Waals surface area contributed by atoms with Gasteiger partial charge in [-0.1, -0.05) is 20.8 Å². The Bertz CT molecular complexity index is 276. The minimum atomic E-state index is -0.672. The summed E-state index contributed by atoms with van der Waals surface area (Å²) in [5, 5.41) is 2.52. The van der Waals surface area contributed by atoms with Gasteiger partial charge in [0, 0.05) is 31.6 Å². The molecule has 0 bridgehead atoms. The van der Waals surface area contributed by atoms with Crippen molar-refractivity contribution >= 4 is 12.0 Å². The number of nitrogens with one attached hydrogen (secondary N) is 2. The van der Waals surface area contributed by atoms with Crippen LogP contribution in [0.25, 0.3) is 0 Å². The molecule has 0 aromatic rings. The Balaban J connectivity index is 3.70. The van der Waals surface area contributed by atoms with Crippen LogP contribution in [-0.2, 0) is 9.63 Å². The fraction of sp³-hybridized carbons (Fsp3) is 0.818. The molecule has 0 aliphatic carbocycles. The molecule has 4 N–H and O–H groups in total. The molecular formula is C11H24N4O3. The lowest BCUT2D eigenvalue weighted by molar-refractivity contribution is -0.137. The van der Waals surface area contributed by atoms with Gasteiger partial charge in [-0.25, -0.2) is 4.79 Å². The highest BCUT2D eigenvalue weighted by Gasteiger charge is 2.22. The molecule has 0 aromatic carbocycles. The molecule has 0 aromatic heterocycles. The number of rotatable bonds is 5. The van der Waals surface area contributed by atoms with Crippen LogP contribution in [0, 0.1) is 5.41 Å². The molecule has 106 valence electrons. The molecule has 0 saturated carbocycles. The van der Waals surface area contributed by atoms with Gasteiger partial charge in [-0.2, -0.15) is 5.48 Å². The first kappa shape index (κ1) is 16.7. The fourth-order valence-corrected chi connectivity index (χ4v) is 0.963. The van der Waals surface area contributed by atoms with Gasteiger partial charge in [-0.05, 0) is 7.05 Å². The van der Waals surface area contributed by atoms with E-state index in [4.69, 9.17) is 5.73 Å². The van der Waals surface area contributed by atoms with Gasteiger partial charge in [0.2, 0.25) is 0 Å². The molecule has 7 nitrogen and oxygen atoms in total. The molecule has 7 heteroatoms. The van der Waals surface area contributed by atoms with E-state index in [0.717, 1.165) is 6.54 Å². The summed E-state index contributed by atoms with van der Waals surface area (Å²) in [6.45, 7) is 7.61. The number of hydroxylamine groups is 1. The molecule has 0 rings (SSSR count). The Morgan fingerprint density at radius 3 is 2.39 bits per heavy atom. The minimum Gasteiger partial charge on any atom is -0.329 e. The smallest absolute Gasteiger partial charge is 0.329 e. The highest BCUT2D eigenvalue weighted by atomic mass is 16.7. The van der Waals surface area contributed by atoms with Crippen LogP contribution < -0.4 is 16.5 Å². The van der Waals surface area contributed by atoms with Crippen molar-refractivity contribution in [2.24, 2.45) is 11.1 Å². The second-order valence-corrected chi connectivity index (χ2v) is 5.09. The summed E-state index contributed by atoms with van der Waals surface area (Å²) in [5.41, 5.74) is 6.89. The number of likely N-dealkylation sites (N-methyl/N-ethyl adjacent to an activating group) is 1. The van der Waals surface area contributed by atoms with Crippen LogP contribution in [0.3, 0.4) is 0 Å². The first-order valence-electron chi connectivity index (χ1n) is 5.91. The Morgan fingerprint density at radius 2 is 1.89 bits per heavy atom. The predicted molar refractivity (Wildman–Crippen MR) is 68.6 cm³/mol. The molecule has 2 amide bonds. The fourth-order valence-electron chi connectivity index (χ4n) is 0.963. The molecule has 0 fully saturated rings. The van der Waals surface area contributed by atoms with Crippen molar-refractivity contribution in [2.75, 3.05) is 33.2 Å². The van der Waals surface area contributed by atoms with Gasteiger partial charge in [0.05, 0.1) is 0 Å². The van der Waals surface area contributed by atoms with E-state index in [1.54, 1.807) is 20.8 Å². The van der Waals surface area contributed by atoms with Crippen LogP contribution >= 0.6 is 0 Å². The number of amides is 2. The first-order chi connectivity index (χ1) is 8.27. The van der Waals surface area contributed by atoms with Crippen molar-refractivity contribution in [3.8, 4) is 0 Å². The molecule has 0 aliphatic rings. The highest BCUT2D eigenvalue weighted by molar-refractivity contribution is 5.81. The van der Waals surface area contributed by atoms with Gasteiger partial charge in [-0.15, -0.1) is 0 Å². The SMILES string of the molecule is CN(CCN)CCNC(=O)ONC(=O)C(C)(C)C. The van der Waals surface area contributed by atoms with Gasteiger partial charge < -0.3 is 20.8 Å². The molecular weight excluding hydrogens is 236 g/mol. The molecule has 0 radical (unpaired) electrons. The van der Waals surface area contributed by atoms with Gasteiger partial charge in [-0.3, -0.25) is 4.79 Å². The second-order valence-electron chi connectivity index (χ2n) is 5.09. The molecule has 0 saturated heterocycles. The zero-order valence-corrected chi connectivity index (χ0v) is 11.6. The number of hydrogen-bond acceptors (Lipinski definition) is 5. The lowest BCUT2D eigenvalue weighted by Gasteiger charge is -2.17. The molecule has 18 heavy (non-hydrogen) atoms. The Kier molecular flexibility index (Phi) is 7.30. The van der Waals surface area contributed by atoms with E-state index < -0.39 is 11.5 Å². The van der Waals surface area contributed by atoms with Crippen LogP contribution in [0.5, 0.6) is 0 Å². The van der Waals surface area contributed by atoms with E-state index in [0.29, 0.717) is 19.6 Å². The van der Waals surface area contributed by atoms with Crippen molar-refractivity contribution in [3.63, 3.8) is 0 Å². The number of hydrogen-bond donors (Lipinski definition) is 3. The lowest BCUT2D eigenvalue weighted by Crippen LogP contribution is -2.41. The quantitative estimate of drug-likeness (QED) is 0.589. The van der Waals surface area contributed by atoms with E-state index >= 15 is 0 Å². The third-order valence-electron chi connectivity index (χ3n) is 2.19.